The number of fused-ring (bicyclic) bond motifs is 1. The van der Waals surface area contributed by atoms with Crippen molar-refractivity contribution in [2.45, 2.75) is 25.9 Å². The summed E-state index contributed by atoms with van der Waals surface area (Å²) in [4.78, 5) is 13.7. The van der Waals surface area contributed by atoms with Crippen molar-refractivity contribution in [1.82, 2.24) is 14.9 Å². The van der Waals surface area contributed by atoms with Gasteiger partial charge in [-0.3, -0.25) is 0 Å². The largest absolute Gasteiger partial charge is 0.375 e. The highest BCUT2D eigenvalue weighted by molar-refractivity contribution is 5.30. The third kappa shape index (κ3) is 2.94. The van der Waals surface area contributed by atoms with E-state index >= 15 is 0 Å². The molecule has 2 aliphatic heterocycles. The quantitative estimate of drug-likeness (QED) is 0.812. The van der Waals surface area contributed by atoms with Crippen LogP contribution in [0.1, 0.15) is 18.9 Å². The number of ether oxygens (including phenoxy) is 1. The van der Waals surface area contributed by atoms with E-state index in [0.29, 0.717) is 12.0 Å². The number of hydrogen-bond donors (Lipinski definition) is 0. The van der Waals surface area contributed by atoms with E-state index in [1.54, 1.807) is 0 Å². The first-order chi connectivity index (χ1) is 9.76. The van der Waals surface area contributed by atoms with E-state index in [2.05, 4.69) is 33.7 Å². The van der Waals surface area contributed by atoms with E-state index < -0.39 is 0 Å². The van der Waals surface area contributed by atoms with E-state index in [0.717, 1.165) is 45.2 Å². The molecular weight excluding hydrogens is 252 g/mol. The Balaban J connectivity index is 1.71. The molecule has 0 aromatic carbocycles. The first-order valence-corrected chi connectivity index (χ1v) is 7.62. The fraction of sp³-hybridized carbons (Fsp3) is 0.733. The topological polar surface area (TPSA) is 41.5 Å². The van der Waals surface area contributed by atoms with Crippen molar-refractivity contribution in [2.24, 2.45) is 5.92 Å². The van der Waals surface area contributed by atoms with Gasteiger partial charge in [0.2, 0.25) is 5.95 Å². The molecule has 2 aliphatic rings. The summed E-state index contributed by atoms with van der Waals surface area (Å²) in [6.45, 7) is 7.02. The van der Waals surface area contributed by atoms with Gasteiger partial charge in [-0.05, 0) is 32.0 Å². The van der Waals surface area contributed by atoms with Crippen LogP contribution >= 0.6 is 0 Å². The Morgan fingerprint density at radius 3 is 2.80 bits per heavy atom. The minimum Gasteiger partial charge on any atom is -0.375 e. The van der Waals surface area contributed by atoms with Crippen LogP contribution in [0.4, 0.5) is 5.95 Å². The van der Waals surface area contributed by atoms with E-state index in [4.69, 9.17) is 4.74 Å². The number of anilines is 1. The summed E-state index contributed by atoms with van der Waals surface area (Å²) in [6, 6.07) is 0. The maximum atomic E-state index is 6.04. The van der Waals surface area contributed by atoms with Crippen molar-refractivity contribution < 1.29 is 4.74 Å². The molecule has 110 valence electrons. The Morgan fingerprint density at radius 2 is 2.05 bits per heavy atom. The van der Waals surface area contributed by atoms with E-state index in [9.17, 15) is 0 Å². The average Bonchev–Trinajstić information content (AvgIpc) is 2.69. The molecule has 3 heterocycles. The number of likely N-dealkylation sites (tertiary alicyclic amines) is 1. The van der Waals surface area contributed by atoms with Gasteiger partial charge >= 0.3 is 0 Å². The molecule has 1 aromatic rings. The standard InChI is InChI=1S/C15H24N4O/c1-3-12-8-16-15(17-9-12)19-6-7-20-14-11-18(2)5-4-13(14)10-19/h8-9,13-14H,3-7,10-11H2,1-2H3/t13-,14-/m1/s1. The average molecular weight is 276 g/mol. The van der Waals surface area contributed by atoms with Gasteiger partial charge in [0.05, 0.1) is 12.7 Å². The predicted molar refractivity (Wildman–Crippen MR) is 79.0 cm³/mol. The maximum absolute atomic E-state index is 6.04. The van der Waals surface area contributed by atoms with Crippen LogP contribution in [-0.2, 0) is 11.2 Å². The molecule has 20 heavy (non-hydrogen) atoms. The second kappa shape index (κ2) is 6.06. The second-order valence-electron chi connectivity index (χ2n) is 5.91. The second-order valence-corrected chi connectivity index (χ2v) is 5.91. The molecule has 0 saturated carbocycles. The molecule has 5 nitrogen and oxygen atoms in total. The number of rotatable bonds is 2. The van der Waals surface area contributed by atoms with Crippen LogP contribution in [0.3, 0.4) is 0 Å². The number of piperidine rings is 1. The summed E-state index contributed by atoms with van der Waals surface area (Å²) < 4.78 is 6.04. The normalized spacial score (nSPS) is 28.0. The van der Waals surface area contributed by atoms with Crippen LogP contribution < -0.4 is 4.90 Å². The molecule has 1 aromatic heterocycles. The molecule has 5 heteroatoms. The Hall–Kier alpha value is -1.20. The molecule has 0 aliphatic carbocycles. The van der Waals surface area contributed by atoms with E-state index in [1.807, 2.05) is 12.4 Å². The highest BCUT2D eigenvalue weighted by atomic mass is 16.5. The van der Waals surface area contributed by atoms with Crippen LogP contribution in [0.5, 0.6) is 0 Å². The summed E-state index contributed by atoms with van der Waals surface area (Å²) in [7, 11) is 2.18. The van der Waals surface area contributed by atoms with Crippen LogP contribution in [-0.4, -0.2) is 60.8 Å². The molecule has 0 spiro atoms. The van der Waals surface area contributed by atoms with Crippen LogP contribution in [0.25, 0.3) is 0 Å². The fourth-order valence-electron chi connectivity index (χ4n) is 3.08. The molecule has 0 amide bonds. The molecule has 2 saturated heterocycles. The molecule has 2 atom stereocenters. The molecule has 0 unspecified atom stereocenters. The smallest absolute Gasteiger partial charge is 0.225 e. The number of aromatic nitrogens is 2. The molecule has 0 radical (unpaired) electrons. The highest BCUT2D eigenvalue weighted by Gasteiger charge is 2.32. The van der Waals surface area contributed by atoms with Crippen LogP contribution in [0.15, 0.2) is 12.4 Å². The first kappa shape index (κ1) is 13.8. The summed E-state index contributed by atoms with van der Waals surface area (Å²) in [5.41, 5.74) is 1.19. The Morgan fingerprint density at radius 1 is 1.25 bits per heavy atom. The molecule has 2 fully saturated rings. The monoisotopic (exact) mass is 276 g/mol. The lowest BCUT2D eigenvalue weighted by atomic mass is 9.94. The molecule has 0 bridgehead atoms. The van der Waals surface area contributed by atoms with Gasteiger partial charge in [-0.25, -0.2) is 9.97 Å². The Kier molecular flexibility index (Phi) is 4.17. The van der Waals surface area contributed by atoms with E-state index in [-0.39, 0.29) is 0 Å². The number of likely N-dealkylation sites (N-methyl/N-ethyl adjacent to an activating group) is 1. The lowest BCUT2D eigenvalue weighted by molar-refractivity contribution is -0.0148. The molecular formula is C15H24N4O. The van der Waals surface area contributed by atoms with E-state index in [1.165, 1.54) is 12.0 Å². The predicted octanol–water partition coefficient (Wildman–Crippen LogP) is 1.20. The van der Waals surface area contributed by atoms with Crippen molar-refractivity contribution >= 4 is 5.95 Å². The third-order valence-electron chi connectivity index (χ3n) is 4.43. The Labute approximate surface area is 121 Å². The lowest BCUT2D eigenvalue weighted by Gasteiger charge is -2.36. The van der Waals surface area contributed by atoms with Crippen molar-refractivity contribution in [2.75, 3.05) is 44.7 Å². The number of nitrogens with zero attached hydrogens (tertiary/aromatic N) is 4. The fourth-order valence-corrected chi connectivity index (χ4v) is 3.08. The molecule has 3 rings (SSSR count). The summed E-state index contributed by atoms with van der Waals surface area (Å²) >= 11 is 0. The van der Waals surface area contributed by atoms with Crippen molar-refractivity contribution in [1.29, 1.82) is 0 Å². The lowest BCUT2D eigenvalue weighted by Crippen LogP contribution is -2.45. The van der Waals surface area contributed by atoms with Crippen LogP contribution in [0.2, 0.25) is 0 Å². The zero-order chi connectivity index (χ0) is 13.9. The number of hydrogen-bond acceptors (Lipinski definition) is 5. The van der Waals surface area contributed by atoms with Crippen molar-refractivity contribution in [3.8, 4) is 0 Å². The summed E-state index contributed by atoms with van der Waals surface area (Å²) in [5, 5.41) is 0. The van der Waals surface area contributed by atoms with Gasteiger partial charge in [0.15, 0.2) is 0 Å². The van der Waals surface area contributed by atoms with Gasteiger partial charge in [-0.15, -0.1) is 0 Å². The number of aryl methyl sites for hydroxylation is 1. The van der Waals surface area contributed by atoms with Gasteiger partial charge in [0.25, 0.3) is 0 Å². The SMILES string of the molecule is CCc1cnc(N2CCO[C@@H]3CN(C)CC[C@@H]3C2)nc1. The molecule has 0 N–H and O–H groups in total. The van der Waals surface area contributed by atoms with Gasteiger partial charge in [0, 0.05) is 37.9 Å². The summed E-state index contributed by atoms with van der Waals surface area (Å²) in [5.74, 6) is 1.45. The minimum atomic E-state index is 0.369. The highest BCUT2D eigenvalue weighted by Crippen LogP contribution is 2.24. The summed E-state index contributed by atoms with van der Waals surface area (Å²) in [6.07, 6.45) is 6.44. The first-order valence-electron chi connectivity index (χ1n) is 7.62. The zero-order valence-electron chi connectivity index (χ0n) is 12.5. The zero-order valence-corrected chi connectivity index (χ0v) is 12.5. The van der Waals surface area contributed by atoms with Gasteiger partial charge < -0.3 is 14.5 Å². The van der Waals surface area contributed by atoms with Gasteiger partial charge in [0.1, 0.15) is 0 Å². The maximum Gasteiger partial charge on any atom is 0.225 e. The Bertz CT molecular complexity index is 436. The van der Waals surface area contributed by atoms with Gasteiger partial charge in [-0.2, -0.15) is 0 Å². The van der Waals surface area contributed by atoms with Gasteiger partial charge in [-0.1, -0.05) is 6.92 Å². The van der Waals surface area contributed by atoms with Crippen molar-refractivity contribution in [3.05, 3.63) is 18.0 Å². The third-order valence-corrected chi connectivity index (χ3v) is 4.43. The van der Waals surface area contributed by atoms with Crippen molar-refractivity contribution in [3.63, 3.8) is 0 Å². The minimum absolute atomic E-state index is 0.369. The van der Waals surface area contributed by atoms with Crippen LogP contribution in [0, 0.1) is 5.92 Å².